The molecule has 2 aromatic carbocycles. The lowest BCUT2D eigenvalue weighted by Gasteiger charge is -1.93. The average molecular weight is 268 g/mol. The summed E-state index contributed by atoms with van der Waals surface area (Å²) in [7, 11) is 0. The van der Waals surface area contributed by atoms with Gasteiger partial charge in [0.2, 0.25) is 0 Å². The zero-order valence-electron chi connectivity index (χ0n) is 11.2. The van der Waals surface area contributed by atoms with E-state index in [1.807, 2.05) is 42.5 Å². The fourth-order valence-corrected chi connectivity index (χ4v) is 1.75. The van der Waals surface area contributed by atoms with Crippen LogP contribution in [0.2, 0.25) is 0 Å². The number of fused-ring (bicyclic) bond motifs is 1. The summed E-state index contributed by atoms with van der Waals surface area (Å²) in [4.78, 5) is 17.0. The predicted molar refractivity (Wildman–Crippen MR) is 79.2 cm³/mol. The molecule has 0 bridgehead atoms. The number of benzene rings is 2. The third-order valence-corrected chi connectivity index (χ3v) is 2.67. The van der Waals surface area contributed by atoms with Crippen molar-refractivity contribution in [1.82, 2.24) is 9.97 Å². The number of imidazole rings is 1. The second-order valence-corrected chi connectivity index (χ2v) is 4.02. The van der Waals surface area contributed by atoms with Crippen molar-refractivity contribution in [1.29, 1.82) is 0 Å². The minimum absolute atomic E-state index is 0.431. The fourth-order valence-electron chi connectivity index (χ4n) is 1.75. The molecular formula is C16H16N2O2. The molecule has 3 aromatic rings. The maximum atomic E-state index is 9.18. The number of carbonyl (C=O) groups excluding carboxylic acids is 1. The largest absolute Gasteiger partial charge is 0.468 e. The molecule has 0 unspecified atom stereocenters. The predicted octanol–water partition coefficient (Wildman–Crippen LogP) is 3.41. The highest BCUT2D eigenvalue weighted by molar-refractivity contribution is 5.79. The van der Waals surface area contributed by atoms with Crippen molar-refractivity contribution in [2.24, 2.45) is 0 Å². The van der Waals surface area contributed by atoms with Crippen molar-refractivity contribution in [2.75, 3.05) is 6.61 Å². The van der Waals surface area contributed by atoms with Crippen LogP contribution in [0.25, 0.3) is 22.4 Å². The van der Waals surface area contributed by atoms with E-state index < -0.39 is 0 Å². The second kappa shape index (κ2) is 7.09. The third-order valence-electron chi connectivity index (χ3n) is 2.67. The third kappa shape index (κ3) is 3.45. The van der Waals surface area contributed by atoms with Gasteiger partial charge in [0.1, 0.15) is 5.82 Å². The van der Waals surface area contributed by atoms with E-state index in [1.165, 1.54) is 0 Å². The van der Waals surface area contributed by atoms with Gasteiger partial charge < -0.3 is 9.72 Å². The zero-order valence-corrected chi connectivity index (χ0v) is 11.2. The number of carbonyl (C=O) groups is 1. The van der Waals surface area contributed by atoms with E-state index in [0.717, 1.165) is 22.4 Å². The molecule has 102 valence electrons. The molecule has 0 atom stereocenters. The molecule has 0 radical (unpaired) electrons. The molecule has 1 heterocycles. The van der Waals surface area contributed by atoms with E-state index in [9.17, 15) is 4.79 Å². The van der Waals surface area contributed by atoms with Gasteiger partial charge >= 0.3 is 0 Å². The van der Waals surface area contributed by atoms with Crippen LogP contribution < -0.4 is 0 Å². The normalized spacial score (nSPS) is 9.65. The summed E-state index contributed by atoms with van der Waals surface area (Å²) in [6, 6.07) is 18.2. The van der Waals surface area contributed by atoms with Crippen LogP contribution in [-0.2, 0) is 9.53 Å². The number of nitrogens with one attached hydrogen (secondary N) is 1. The molecule has 0 spiro atoms. The van der Waals surface area contributed by atoms with Gasteiger partial charge in [0.05, 0.1) is 17.6 Å². The van der Waals surface area contributed by atoms with Crippen LogP contribution in [0.5, 0.6) is 0 Å². The Labute approximate surface area is 117 Å². The summed E-state index contributed by atoms with van der Waals surface area (Å²) < 4.78 is 4.15. The first-order chi connectivity index (χ1) is 9.85. The summed E-state index contributed by atoms with van der Waals surface area (Å²) in [5.41, 5.74) is 3.21. The van der Waals surface area contributed by atoms with Gasteiger partial charge in [-0.2, -0.15) is 0 Å². The van der Waals surface area contributed by atoms with Crippen LogP contribution in [0, 0.1) is 0 Å². The number of aromatic nitrogens is 2. The number of ether oxygens (including phenoxy) is 1. The Balaban J connectivity index is 0.000000257. The SMILES string of the molecule is CCOC=O.c1ccc(-c2nc3ccccc3[nH]2)cc1. The molecule has 0 aliphatic rings. The Hall–Kier alpha value is -2.62. The molecule has 0 aliphatic heterocycles. The molecule has 0 saturated carbocycles. The van der Waals surface area contributed by atoms with Crippen LogP contribution in [0.3, 0.4) is 0 Å². The number of rotatable bonds is 3. The van der Waals surface area contributed by atoms with E-state index in [2.05, 4.69) is 26.8 Å². The minimum Gasteiger partial charge on any atom is -0.468 e. The van der Waals surface area contributed by atoms with E-state index in [4.69, 9.17) is 0 Å². The number of hydrogen-bond acceptors (Lipinski definition) is 3. The first kappa shape index (κ1) is 13.8. The molecule has 0 saturated heterocycles. The lowest BCUT2D eigenvalue weighted by molar-refractivity contribution is -0.128. The molecule has 0 fully saturated rings. The Morgan fingerprint density at radius 3 is 2.40 bits per heavy atom. The van der Waals surface area contributed by atoms with E-state index in [0.29, 0.717) is 13.1 Å². The highest BCUT2D eigenvalue weighted by Gasteiger charge is 2.02. The van der Waals surface area contributed by atoms with Crippen LogP contribution in [0.1, 0.15) is 6.92 Å². The first-order valence-electron chi connectivity index (χ1n) is 6.40. The summed E-state index contributed by atoms with van der Waals surface area (Å²) in [6.07, 6.45) is 0. The van der Waals surface area contributed by atoms with Gasteiger partial charge in [-0.25, -0.2) is 4.98 Å². The lowest BCUT2D eigenvalue weighted by Crippen LogP contribution is -1.80. The molecule has 4 heteroatoms. The number of hydrogen-bond donors (Lipinski definition) is 1. The van der Waals surface area contributed by atoms with Crippen LogP contribution in [-0.4, -0.2) is 23.0 Å². The molecule has 1 N–H and O–H groups in total. The van der Waals surface area contributed by atoms with Crippen LogP contribution in [0.15, 0.2) is 54.6 Å². The number of H-pyrrole nitrogens is 1. The van der Waals surface area contributed by atoms with Gasteiger partial charge in [-0.15, -0.1) is 0 Å². The average Bonchev–Trinajstić information content (AvgIpc) is 2.94. The Kier molecular flexibility index (Phi) is 4.89. The Morgan fingerprint density at radius 1 is 1.10 bits per heavy atom. The van der Waals surface area contributed by atoms with E-state index >= 15 is 0 Å². The molecule has 20 heavy (non-hydrogen) atoms. The van der Waals surface area contributed by atoms with Crippen molar-refractivity contribution in [3.05, 3.63) is 54.6 Å². The topological polar surface area (TPSA) is 55.0 Å². The fraction of sp³-hybridized carbons (Fsp3) is 0.125. The van der Waals surface area contributed by atoms with Crippen LogP contribution in [0.4, 0.5) is 0 Å². The van der Waals surface area contributed by atoms with Gasteiger partial charge in [0, 0.05) is 5.56 Å². The number of nitrogens with zero attached hydrogens (tertiary/aromatic N) is 1. The van der Waals surface area contributed by atoms with Crippen molar-refractivity contribution in [3.8, 4) is 11.4 Å². The minimum atomic E-state index is 0.431. The highest BCUT2D eigenvalue weighted by Crippen LogP contribution is 2.19. The lowest BCUT2D eigenvalue weighted by atomic mass is 10.2. The van der Waals surface area contributed by atoms with E-state index in [-0.39, 0.29) is 0 Å². The molecule has 4 nitrogen and oxygen atoms in total. The van der Waals surface area contributed by atoms with Crippen LogP contribution >= 0.6 is 0 Å². The summed E-state index contributed by atoms with van der Waals surface area (Å²) in [5, 5.41) is 0. The van der Waals surface area contributed by atoms with Crippen molar-refractivity contribution >= 4 is 17.5 Å². The smallest absolute Gasteiger partial charge is 0.293 e. The summed E-state index contributed by atoms with van der Waals surface area (Å²) >= 11 is 0. The Morgan fingerprint density at radius 2 is 1.80 bits per heavy atom. The molecule has 0 amide bonds. The van der Waals surface area contributed by atoms with Gasteiger partial charge in [-0.1, -0.05) is 42.5 Å². The molecular weight excluding hydrogens is 252 g/mol. The van der Waals surface area contributed by atoms with Gasteiger partial charge in [-0.05, 0) is 19.1 Å². The van der Waals surface area contributed by atoms with Gasteiger partial charge in [0.25, 0.3) is 6.47 Å². The zero-order chi connectivity index (χ0) is 14.2. The highest BCUT2D eigenvalue weighted by atomic mass is 16.5. The first-order valence-corrected chi connectivity index (χ1v) is 6.40. The standard InChI is InChI=1S/C13H10N2.C3H6O2/c1-2-6-10(7-3-1)13-14-11-8-4-5-9-12(11)15-13;1-2-5-3-4/h1-9H,(H,14,15);3H,2H2,1H3. The van der Waals surface area contributed by atoms with Gasteiger partial charge in [0.15, 0.2) is 0 Å². The van der Waals surface area contributed by atoms with E-state index in [1.54, 1.807) is 6.92 Å². The number of para-hydroxylation sites is 2. The molecule has 1 aromatic heterocycles. The van der Waals surface area contributed by atoms with Crippen molar-refractivity contribution < 1.29 is 9.53 Å². The summed E-state index contributed by atoms with van der Waals surface area (Å²) in [5.74, 6) is 0.928. The summed E-state index contributed by atoms with van der Waals surface area (Å²) in [6.45, 7) is 2.66. The second-order valence-electron chi connectivity index (χ2n) is 4.02. The number of aromatic amines is 1. The van der Waals surface area contributed by atoms with Crippen molar-refractivity contribution in [2.45, 2.75) is 6.92 Å². The quantitative estimate of drug-likeness (QED) is 0.741. The molecule has 3 rings (SSSR count). The molecule has 0 aliphatic carbocycles. The Bertz CT molecular complexity index is 629. The van der Waals surface area contributed by atoms with Gasteiger partial charge in [-0.3, -0.25) is 4.79 Å². The maximum Gasteiger partial charge on any atom is 0.293 e. The maximum absolute atomic E-state index is 9.18. The van der Waals surface area contributed by atoms with Crippen molar-refractivity contribution in [3.63, 3.8) is 0 Å². The monoisotopic (exact) mass is 268 g/mol.